The lowest BCUT2D eigenvalue weighted by atomic mass is 10.2. The second kappa shape index (κ2) is 5.71. The Morgan fingerprint density at radius 3 is 2.95 bits per heavy atom. The predicted octanol–water partition coefficient (Wildman–Crippen LogP) is 1.69. The van der Waals surface area contributed by atoms with Gasteiger partial charge in [0.05, 0.1) is 7.11 Å². The molecule has 0 aliphatic rings. The number of aryl methyl sites for hydroxylation is 1. The molecule has 0 bridgehead atoms. The van der Waals surface area contributed by atoms with Gasteiger partial charge in [0, 0.05) is 17.6 Å². The summed E-state index contributed by atoms with van der Waals surface area (Å²) < 4.78 is 11.1. The van der Waals surface area contributed by atoms with E-state index in [4.69, 9.17) is 16.3 Å². The average Bonchev–Trinajstić information content (AvgIpc) is 2.77. The van der Waals surface area contributed by atoms with Gasteiger partial charge < -0.3 is 9.47 Å². The summed E-state index contributed by atoms with van der Waals surface area (Å²) in [6, 6.07) is 7.34. The molecule has 2 aromatic rings. The van der Waals surface area contributed by atoms with E-state index in [0.29, 0.717) is 10.8 Å². The molecular formula is C12H12ClN3O3. The van der Waals surface area contributed by atoms with Crippen LogP contribution < -0.4 is 4.74 Å². The van der Waals surface area contributed by atoms with E-state index >= 15 is 0 Å². The van der Waals surface area contributed by atoms with Crippen LogP contribution in [-0.2, 0) is 16.6 Å². The maximum absolute atomic E-state index is 11.0. The predicted molar refractivity (Wildman–Crippen MR) is 69.0 cm³/mol. The van der Waals surface area contributed by atoms with Crippen LogP contribution in [-0.4, -0.2) is 34.5 Å². The van der Waals surface area contributed by atoms with E-state index in [9.17, 15) is 4.79 Å². The third-order valence-corrected chi connectivity index (χ3v) is 2.61. The van der Waals surface area contributed by atoms with Crippen molar-refractivity contribution in [3.63, 3.8) is 0 Å². The van der Waals surface area contributed by atoms with Gasteiger partial charge in [0.2, 0.25) is 0 Å². The number of methoxy groups -OCH3 is 1. The van der Waals surface area contributed by atoms with Crippen LogP contribution in [0, 0.1) is 0 Å². The van der Waals surface area contributed by atoms with E-state index in [1.54, 1.807) is 23.9 Å². The lowest BCUT2D eigenvalue weighted by molar-refractivity contribution is -0.143. The molecule has 0 amide bonds. The summed E-state index contributed by atoms with van der Waals surface area (Å²) in [6.45, 7) is -0.227. The number of ether oxygens (including phenoxy) is 2. The number of rotatable bonds is 4. The molecule has 0 atom stereocenters. The zero-order chi connectivity index (χ0) is 13.8. The molecule has 1 aromatic carbocycles. The minimum atomic E-state index is -0.489. The minimum absolute atomic E-state index is 0.114. The highest BCUT2D eigenvalue weighted by atomic mass is 35.5. The Labute approximate surface area is 114 Å². The normalized spacial score (nSPS) is 10.3. The first-order valence-electron chi connectivity index (χ1n) is 5.46. The van der Waals surface area contributed by atoms with Crippen molar-refractivity contribution in [2.75, 3.05) is 13.7 Å². The van der Waals surface area contributed by atoms with E-state index in [0.717, 1.165) is 5.56 Å². The van der Waals surface area contributed by atoms with Gasteiger partial charge in [-0.05, 0) is 12.1 Å². The highest BCUT2D eigenvalue weighted by Crippen LogP contribution is 2.22. The SMILES string of the molecule is COC(=O)COc1nc(-c2cccc(Cl)c2)n(C)n1. The average molecular weight is 282 g/mol. The summed E-state index contributed by atoms with van der Waals surface area (Å²) in [7, 11) is 3.02. The fourth-order valence-electron chi connectivity index (χ4n) is 1.48. The number of aromatic nitrogens is 3. The maximum atomic E-state index is 11.0. The fourth-order valence-corrected chi connectivity index (χ4v) is 1.67. The highest BCUT2D eigenvalue weighted by molar-refractivity contribution is 6.30. The van der Waals surface area contributed by atoms with Crippen molar-refractivity contribution in [1.82, 2.24) is 14.8 Å². The van der Waals surface area contributed by atoms with Gasteiger partial charge >= 0.3 is 12.0 Å². The van der Waals surface area contributed by atoms with E-state index in [-0.39, 0.29) is 12.6 Å². The van der Waals surface area contributed by atoms with E-state index in [1.165, 1.54) is 7.11 Å². The van der Waals surface area contributed by atoms with Crippen LogP contribution >= 0.6 is 11.6 Å². The first kappa shape index (κ1) is 13.4. The maximum Gasteiger partial charge on any atom is 0.344 e. The van der Waals surface area contributed by atoms with Crippen LogP contribution in [0.3, 0.4) is 0 Å². The molecule has 0 unspecified atom stereocenters. The molecule has 6 nitrogen and oxygen atoms in total. The van der Waals surface area contributed by atoms with E-state index in [1.807, 2.05) is 12.1 Å². The molecule has 0 spiro atoms. The molecule has 0 saturated heterocycles. The van der Waals surface area contributed by atoms with Gasteiger partial charge in [-0.15, -0.1) is 5.10 Å². The summed E-state index contributed by atoms with van der Waals surface area (Å²) in [5.74, 6) is 0.110. The summed E-state index contributed by atoms with van der Waals surface area (Å²) in [5.41, 5.74) is 0.815. The molecule has 100 valence electrons. The van der Waals surface area contributed by atoms with Crippen LogP contribution in [0.1, 0.15) is 0 Å². The van der Waals surface area contributed by atoms with Crippen LogP contribution in [0.5, 0.6) is 6.01 Å². The monoisotopic (exact) mass is 281 g/mol. The van der Waals surface area contributed by atoms with Crippen molar-refractivity contribution in [3.05, 3.63) is 29.3 Å². The molecule has 2 rings (SSSR count). The number of carbonyl (C=O) groups excluding carboxylic acids is 1. The molecule has 0 N–H and O–H groups in total. The molecule has 0 aliphatic carbocycles. The van der Waals surface area contributed by atoms with Crippen molar-refractivity contribution in [3.8, 4) is 17.4 Å². The Morgan fingerprint density at radius 1 is 1.47 bits per heavy atom. The van der Waals surface area contributed by atoms with Gasteiger partial charge in [0.15, 0.2) is 12.4 Å². The molecule has 1 heterocycles. The van der Waals surface area contributed by atoms with Crippen LogP contribution in [0.2, 0.25) is 5.02 Å². The molecule has 0 fully saturated rings. The Morgan fingerprint density at radius 2 is 2.26 bits per heavy atom. The van der Waals surface area contributed by atoms with Gasteiger partial charge in [-0.1, -0.05) is 23.7 Å². The van der Waals surface area contributed by atoms with Gasteiger partial charge in [0.25, 0.3) is 0 Å². The number of hydrogen-bond donors (Lipinski definition) is 0. The van der Waals surface area contributed by atoms with Gasteiger partial charge in [-0.2, -0.15) is 4.98 Å². The summed E-state index contributed by atoms with van der Waals surface area (Å²) in [6.07, 6.45) is 0. The number of esters is 1. The Bertz CT molecular complexity index is 598. The first-order chi connectivity index (χ1) is 9.10. The zero-order valence-corrected chi connectivity index (χ0v) is 11.2. The van der Waals surface area contributed by atoms with Crippen LogP contribution in [0.4, 0.5) is 0 Å². The molecule has 19 heavy (non-hydrogen) atoms. The zero-order valence-electron chi connectivity index (χ0n) is 10.5. The highest BCUT2D eigenvalue weighted by Gasteiger charge is 2.12. The topological polar surface area (TPSA) is 66.2 Å². The summed E-state index contributed by atoms with van der Waals surface area (Å²) in [4.78, 5) is 15.2. The number of benzene rings is 1. The van der Waals surface area contributed by atoms with Crippen molar-refractivity contribution >= 4 is 17.6 Å². The largest absolute Gasteiger partial charge is 0.466 e. The quantitative estimate of drug-likeness (QED) is 0.798. The molecular weight excluding hydrogens is 270 g/mol. The Balaban J connectivity index is 2.19. The number of carbonyl (C=O) groups is 1. The van der Waals surface area contributed by atoms with E-state index in [2.05, 4.69) is 14.8 Å². The second-order valence-corrected chi connectivity index (χ2v) is 4.15. The van der Waals surface area contributed by atoms with Crippen molar-refractivity contribution in [1.29, 1.82) is 0 Å². The standard InChI is InChI=1S/C12H12ClN3O3/c1-16-11(8-4-3-5-9(13)6-8)14-12(15-16)19-7-10(17)18-2/h3-6H,7H2,1-2H3. The fraction of sp³-hybridized carbons (Fsp3) is 0.250. The summed E-state index contributed by atoms with van der Waals surface area (Å²) >= 11 is 5.93. The smallest absolute Gasteiger partial charge is 0.344 e. The first-order valence-corrected chi connectivity index (χ1v) is 5.84. The van der Waals surface area contributed by atoms with Gasteiger partial charge in [-0.3, -0.25) is 0 Å². The Hall–Kier alpha value is -2.08. The number of halogens is 1. The lowest BCUT2D eigenvalue weighted by Crippen LogP contribution is -2.13. The Kier molecular flexibility index (Phi) is 4.01. The van der Waals surface area contributed by atoms with Crippen LogP contribution in [0.15, 0.2) is 24.3 Å². The van der Waals surface area contributed by atoms with E-state index < -0.39 is 5.97 Å². The number of nitrogens with zero attached hydrogens (tertiary/aromatic N) is 3. The molecule has 7 heteroatoms. The van der Waals surface area contributed by atoms with Gasteiger partial charge in [0.1, 0.15) is 0 Å². The lowest BCUT2D eigenvalue weighted by Gasteiger charge is -1.99. The van der Waals surface area contributed by atoms with Crippen molar-refractivity contribution in [2.45, 2.75) is 0 Å². The summed E-state index contributed by atoms with van der Waals surface area (Å²) in [5, 5.41) is 4.66. The molecule has 1 aromatic heterocycles. The third kappa shape index (κ3) is 3.23. The minimum Gasteiger partial charge on any atom is -0.466 e. The van der Waals surface area contributed by atoms with Crippen molar-refractivity contribution < 1.29 is 14.3 Å². The second-order valence-electron chi connectivity index (χ2n) is 3.72. The number of hydrogen-bond acceptors (Lipinski definition) is 5. The third-order valence-electron chi connectivity index (χ3n) is 2.37. The molecule has 0 aliphatic heterocycles. The van der Waals surface area contributed by atoms with Crippen molar-refractivity contribution in [2.24, 2.45) is 7.05 Å². The van der Waals surface area contributed by atoms with Gasteiger partial charge in [-0.25, -0.2) is 9.48 Å². The van der Waals surface area contributed by atoms with Crippen LogP contribution in [0.25, 0.3) is 11.4 Å². The molecule has 0 radical (unpaired) electrons. The molecule has 0 saturated carbocycles.